The molecule has 0 amide bonds. The Morgan fingerprint density at radius 3 is 2.67 bits per heavy atom. The zero-order valence-corrected chi connectivity index (χ0v) is 22.5. The standard InChI is InChI=1S/C28H34FN9O/c1-18(2)20-4-5-23(37-14-19(15-37)16-38-11-9-32-35-38)22-13-31-26(12-21(20)22)33-25-6-8-30-27(34-25)36-10-7-28(3,39)24(29)17-36/h4-6,8-9,11-13,18-19,24,39H,7,10,14-17H2,1-3H3,(H,30,31,33,34)/t24-,28+/m1/s1. The summed E-state index contributed by atoms with van der Waals surface area (Å²) < 4.78 is 16.3. The average Bonchev–Trinajstić information content (AvgIpc) is 3.40. The summed E-state index contributed by atoms with van der Waals surface area (Å²) in [5.74, 6) is 2.58. The van der Waals surface area contributed by atoms with Crippen LogP contribution in [0.15, 0.2) is 49.1 Å². The summed E-state index contributed by atoms with van der Waals surface area (Å²) in [5, 5.41) is 23.8. The van der Waals surface area contributed by atoms with Crippen LogP contribution in [0.4, 0.5) is 27.7 Å². The van der Waals surface area contributed by atoms with Gasteiger partial charge in [0, 0.05) is 61.8 Å². The van der Waals surface area contributed by atoms with Crippen molar-refractivity contribution in [3.63, 3.8) is 0 Å². The lowest BCUT2D eigenvalue weighted by Crippen LogP contribution is -2.52. The number of piperidine rings is 1. The molecule has 204 valence electrons. The number of fused-ring (bicyclic) bond motifs is 1. The van der Waals surface area contributed by atoms with Crippen molar-refractivity contribution in [1.29, 1.82) is 0 Å². The lowest BCUT2D eigenvalue weighted by molar-refractivity contribution is -0.0332. The van der Waals surface area contributed by atoms with E-state index in [0.717, 1.165) is 30.4 Å². The van der Waals surface area contributed by atoms with Gasteiger partial charge in [0.15, 0.2) is 0 Å². The van der Waals surface area contributed by atoms with E-state index in [-0.39, 0.29) is 6.54 Å². The fraction of sp³-hybridized carbons (Fsp3) is 0.464. The van der Waals surface area contributed by atoms with E-state index in [1.165, 1.54) is 18.2 Å². The fourth-order valence-corrected chi connectivity index (χ4v) is 5.45. The number of hydrogen-bond donors (Lipinski definition) is 2. The van der Waals surface area contributed by atoms with Crippen LogP contribution in [0, 0.1) is 5.92 Å². The largest absolute Gasteiger partial charge is 0.387 e. The Balaban J connectivity index is 1.22. The maximum absolute atomic E-state index is 14.4. The van der Waals surface area contributed by atoms with Crippen molar-refractivity contribution in [3.05, 3.63) is 54.6 Å². The molecule has 2 aliphatic heterocycles. The number of alkyl halides is 1. The van der Waals surface area contributed by atoms with Crippen molar-refractivity contribution in [2.24, 2.45) is 5.92 Å². The normalized spacial score (nSPS) is 21.9. The number of pyridine rings is 1. The van der Waals surface area contributed by atoms with E-state index in [2.05, 4.69) is 62.5 Å². The van der Waals surface area contributed by atoms with E-state index < -0.39 is 11.8 Å². The zero-order chi connectivity index (χ0) is 27.1. The molecule has 3 aromatic heterocycles. The highest BCUT2D eigenvalue weighted by atomic mass is 19.1. The van der Waals surface area contributed by atoms with Crippen molar-refractivity contribution < 1.29 is 9.50 Å². The van der Waals surface area contributed by atoms with Gasteiger partial charge >= 0.3 is 0 Å². The van der Waals surface area contributed by atoms with Crippen LogP contribution in [-0.4, -0.2) is 73.0 Å². The van der Waals surface area contributed by atoms with Gasteiger partial charge < -0.3 is 20.2 Å². The minimum Gasteiger partial charge on any atom is -0.387 e. The topological polar surface area (TPSA) is 108 Å². The summed E-state index contributed by atoms with van der Waals surface area (Å²) in [6.45, 7) is 9.28. The Hall–Kier alpha value is -3.86. The number of hydrogen-bond acceptors (Lipinski definition) is 9. The first-order valence-electron chi connectivity index (χ1n) is 13.5. The summed E-state index contributed by atoms with van der Waals surface area (Å²) in [6.07, 6.45) is 6.17. The summed E-state index contributed by atoms with van der Waals surface area (Å²) in [4.78, 5) is 17.9. The van der Waals surface area contributed by atoms with Gasteiger partial charge in [-0.15, -0.1) is 5.10 Å². The van der Waals surface area contributed by atoms with Crippen LogP contribution in [0.25, 0.3) is 10.8 Å². The molecule has 4 aromatic rings. The minimum absolute atomic E-state index is 0.0569. The molecule has 2 aliphatic rings. The second-order valence-corrected chi connectivity index (χ2v) is 11.2. The molecule has 0 saturated carbocycles. The van der Waals surface area contributed by atoms with Gasteiger partial charge in [0.1, 0.15) is 17.8 Å². The van der Waals surface area contributed by atoms with Gasteiger partial charge in [0.25, 0.3) is 0 Å². The number of aromatic nitrogens is 6. The third kappa shape index (κ3) is 5.10. The second-order valence-electron chi connectivity index (χ2n) is 11.2. The van der Waals surface area contributed by atoms with Gasteiger partial charge in [-0.3, -0.25) is 4.68 Å². The van der Waals surface area contributed by atoms with Crippen molar-refractivity contribution in [2.45, 2.75) is 51.4 Å². The van der Waals surface area contributed by atoms with Crippen LogP contribution in [0.2, 0.25) is 0 Å². The Morgan fingerprint density at radius 2 is 1.92 bits per heavy atom. The highest BCUT2D eigenvalue weighted by Crippen LogP contribution is 2.37. The van der Waals surface area contributed by atoms with Gasteiger partial charge in [0.05, 0.1) is 18.3 Å². The van der Waals surface area contributed by atoms with E-state index in [4.69, 9.17) is 4.98 Å². The SMILES string of the molecule is CC(C)c1ccc(N2CC(Cn3ccnn3)C2)c2cnc(Nc3ccnc(N4CC[C@](C)(O)[C@H](F)C4)n3)cc12. The number of halogens is 1. The van der Waals surface area contributed by atoms with Crippen molar-refractivity contribution in [3.8, 4) is 0 Å². The molecule has 39 heavy (non-hydrogen) atoms. The highest BCUT2D eigenvalue weighted by molar-refractivity contribution is 5.98. The maximum Gasteiger partial charge on any atom is 0.227 e. The number of benzene rings is 1. The van der Waals surface area contributed by atoms with Gasteiger partial charge in [-0.25, -0.2) is 14.4 Å². The lowest BCUT2D eigenvalue weighted by Gasteiger charge is -2.41. The van der Waals surface area contributed by atoms with E-state index in [0.29, 0.717) is 42.4 Å². The van der Waals surface area contributed by atoms with E-state index in [9.17, 15) is 9.50 Å². The first-order chi connectivity index (χ1) is 18.8. The van der Waals surface area contributed by atoms with Gasteiger partial charge in [0.2, 0.25) is 5.95 Å². The van der Waals surface area contributed by atoms with Crippen LogP contribution in [0.5, 0.6) is 0 Å². The summed E-state index contributed by atoms with van der Waals surface area (Å²) in [7, 11) is 0. The molecule has 0 aliphatic carbocycles. The zero-order valence-electron chi connectivity index (χ0n) is 22.5. The predicted octanol–water partition coefficient (Wildman–Crippen LogP) is 3.92. The molecule has 10 nitrogen and oxygen atoms in total. The summed E-state index contributed by atoms with van der Waals surface area (Å²) >= 11 is 0. The van der Waals surface area contributed by atoms with Gasteiger partial charge in [-0.1, -0.05) is 25.1 Å². The second kappa shape index (κ2) is 10.0. The van der Waals surface area contributed by atoms with Gasteiger partial charge in [-0.05, 0) is 48.4 Å². The molecule has 0 spiro atoms. The van der Waals surface area contributed by atoms with Gasteiger partial charge in [-0.2, -0.15) is 4.98 Å². The summed E-state index contributed by atoms with van der Waals surface area (Å²) in [5.41, 5.74) is 1.13. The van der Waals surface area contributed by atoms with Crippen LogP contribution < -0.4 is 15.1 Å². The molecule has 0 bridgehead atoms. The third-order valence-electron chi connectivity index (χ3n) is 7.87. The number of aliphatic hydroxyl groups is 1. The summed E-state index contributed by atoms with van der Waals surface area (Å²) in [6, 6.07) is 8.29. The molecular weight excluding hydrogens is 497 g/mol. The Labute approximate surface area is 226 Å². The molecule has 0 radical (unpaired) electrons. The molecule has 6 rings (SSSR count). The molecule has 2 atom stereocenters. The molecule has 2 saturated heterocycles. The molecule has 2 N–H and O–H groups in total. The molecule has 11 heteroatoms. The number of anilines is 4. The van der Waals surface area contributed by atoms with E-state index >= 15 is 0 Å². The first-order valence-corrected chi connectivity index (χ1v) is 13.5. The number of nitrogens with zero attached hydrogens (tertiary/aromatic N) is 8. The van der Waals surface area contributed by atoms with E-state index in [1.54, 1.807) is 23.4 Å². The van der Waals surface area contributed by atoms with Crippen LogP contribution in [-0.2, 0) is 6.54 Å². The average molecular weight is 532 g/mol. The van der Waals surface area contributed by atoms with Crippen LogP contribution >= 0.6 is 0 Å². The minimum atomic E-state index is -1.36. The molecule has 1 aromatic carbocycles. The number of rotatable bonds is 7. The Bertz CT molecular complexity index is 1450. The van der Waals surface area contributed by atoms with Crippen LogP contribution in [0.1, 0.15) is 38.7 Å². The molecule has 5 heterocycles. The Kier molecular flexibility index (Phi) is 6.54. The Morgan fingerprint density at radius 1 is 1.08 bits per heavy atom. The van der Waals surface area contributed by atoms with Crippen molar-refractivity contribution in [2.75, 3.05) is 41.3 Å². The van der Waals surface area contributed by atoms with Crippen molar-refractivity contribution >= 4 is 34.0 Å². The van der Waals surface area contributed by atoms with Crippen LogP contribution in [0.3, 0.4) is 0 Å². The predicted molar refractivity (Wildman–Crippen MR) is 149 cm³/mol. The highest BCUT2D eigenvalue weighted by Gasteiger charge is 2.38. The first kappa shape index (κ1) is 25.4. The molecular formula is C28H34FN9O. The van der Waals surface area contributed by atoms with E-state index in [1.807, 2.05) is 17.1 Å². The smallest absolute Gasteiger partial charge is 0.227 e. The quantitative estimate of drug-likeness (QED) is 0.367. The monoisotopic (exact) mass is 531 g/mol. The number of nitrogens with one attached hydrogen (secondary N) is 1. The third-order valence-corrected chi connectivity index (χ3v) is 7.87. The molecule has 0 unspecified atom stereocenters. The molecule has 2 fully saturated rings. The maximum atomic E-state index is 14.4. The fourth-order valence-electron chi connectivity index (χ4n) is 5.45. The van der Waals surface area contributed by atoms with Crippen molar-refractivity contribution in [1.82, 2.24) is 29.9 Å². The lowest BCUT2D eigenvalue weighted by atomic mass is 9.92.